The molecule has 2 saturated heterocycles. The minimum absolute atomic E-state index is 0.0694. The lowest BCUT2D eigenvalue weighted by Gasteiger charge is -2.25. The van der Waals surface area contributed by atoms with E-state index in [9.17, 15) is 14.9 Å². The second-order valence-electron chi connectivity index (χ2n) is 9.92. The Kier molecular flexibility index (Phi) is 11.1. The van der Waals surface area contributed by atoms with Gasteiger partial charge in [-0.1, -0.05) is 88.7 Å². The van der Waals surface area contributed by atoms with Crippen molar-refractivity contribution in [2.24, 2.45) is 7.05 Å². The molecule has 0 aliphatic carbocycles. The number of thioether (sulfide) groups is 1. The number of thiocarbonyl (C=S) groups is 1. The van der Waals surface area contributed by atoms with Crippen molar-refractivity contribution < 1.29 is 4.79 Å². The number of carbonyl (C=O) groups is 1. The number of pyridine rings is 1. The molecule has 3 rings (SSSR count). The summed E-state index contributed by atoms with van der Waals surface area (Å²) in [5.41, 5.74) is 1.24. The maximum Gasteiger partial charge on any atom is 0.270 e. The Hall–Kier alpha value is -2.11. The molecule has 0 unspecified atom stereocenters. The first-order valence-electron chi connectivity index (χ1n) is 13.5. The predicted molar refractivity (Wildman–Crippen MR) is 154 cm³/mol. The molecule has 2 aliphatic rings. The van der Waals surface area contributed by atoms with E-state index < -0.39 is 0 Å². The van der Waals surface area contributed by atoms with Crippen LogP contribution in [0.2, 0.25) is 0 Å². The number of aromatic nitrogens is 1. The molecule has 8 heteroatoms. The molecule has 0 atom stereocenters. The summed E-state index contributed by atoms with van der Waals surface area (Å²) in [6, 6.07) is 2.07. The fourth-order valence-electron chi connectivity index (χ4n) is 5.10. The summed E-state index contributed by atoms with van der Waals surface area (Å²) in [6.07, 6.45) is 16.5. The third kappa shape index (κ3) is 6.80. The van der Waals surface area contributed by atoms with Crippen LogP contribution in [0.5, 0.6) is 0 Å². The summed E-state index contributed by atoms with van der Waals surface area (Å²) in [4.78, 5) is 30.6. The van der Waals surface area contributed by atoms with E-state index in [1.165, 1.54) is 63.1 Å². The van der Waals surface area contributed by atoms with Crippen LogP contribution in [-0.4, -0.2) is 39.3 Å². The van der Waals surface area contributed by atoms with E-state index in [1.807, 2.05) is 6.08 Å². The Morgan fingerprint density at radius 2 is 1.58 bits per heavy atom. The third-order valence-electron chi connectivity index (χ3n) is 7.26. The van der Waals surface area contributed by atoms with Crippen molar-refractivity contribution in [2.75, 3.05) is 24.5 Å². The molecule has 2 aliphatic heterocycles. The molecule has 2 fully saturated rings. The van der Waals surface area contributed by atoms with Gasteiger partial charge < -0.3 is 4.90 Å². The number of anilines is 1. The number of nitrogens with zero attached hydrogens (tertiary/aromatic N) is 4. The standard InChI is InChI=1S/C28H40N4O2S2/c1-4-5-6-7-8-9-10-11-12-13-18-32-27(34)24(36-28(32)35)19-22-21(2)23(20-29)26(33)30(3)25(22)31-16-14-15-17-31/h19H,4-18H2,1-3H3. The Bertz CT molecular complexity index is 1080. The molecule has 3 heterocycles. The van der Waals surface area contributed by atoms with Gasteiger partial charge in [0.25, 0.3) is 11.5 Å². The first kappa shape index (κ1) is 28.5. The van der Waals surface area contributed by atoms with E-state index in [0.717, 1.165) is 50.2 Å². The second-order valence-corrected chi connectivity index (χ2v) is 11.6. The number of carbonyl (C=O) groups excluding carboxylic acids is 1. The maximum atomic E-state index is 13.3. The number of unbranched alkanes of at least 4 members (excludes halogenated alkanes) is 9. The molecule has 6 nitrogen and oxygen atoms in total. The van der Waals surface area contributed by atoms with Gasteiger partial charge in [0.2, 0.25) is 0 Å². The van der Waals surface area contributed by atoms with Crippen LogP contribution < -0.4 is 10.5 Å². The Labute approximate surface area is 225 Å². The highest BCUT2D eigenvalue weighted by Crippen LogP contribution is 2.36. The number of nitriles is 1. The lowest BCUT2D eigenvalue weighted by Crippen LogP contribution is -2.31. The largest absolute Gasteiger partial charge is 0.357 e. The summed E-state index contributed by atoms with van der Waals surface area (Å²) < 4.78 is 2.15. The normalized spacial score (nSPS) is 17.0. The lowest BCUT2D eigenvalue weighted by molar-refractivity contribution is -0.122. The van der Waals surface area contributed by atoms with Crippen LogP contribution in [0.25, 0.3) is 6.08 Å². The van der Waals surface area contributed by atoms with Crippen molar-refractivity contribution in [1.82, 2.24) is 9.47 Å². The number of amides is 1. The SMILES string of the molecule is CCCCCCCCCCCCN1C(=O)C(=Cc2c(C)c(C#N)c(=O)n(C)c2N2CCCC2)SC1=S. The monoisotopic (exact) mass is 528 g/mol. The van der Waals surface area contributed by atoms with E-state index in [4.69, 9.17) is 12.2 Å². The molecule has 0 bridgehead atoms. The predicted octanol–water partition coefficient (Wildman–Crippen LogP) is 6.29. The van der Waals surface area contributed by atoms with Gasteiger partial charge >= 0.3 is 0 Å². The summed E-state index contributed by atoms with van der Waals surface area (Å²) >= 11 is 6.88. The summed E-state index contributed by atoms with van der Waals surface area (Å²) in [5, 5.41) is 9.63. The summed E-state index contributed by atoms with van der Waals surface area (Å²) in [6.45, 7) is 6.41. The second kappa shape index (κ2) is 14.0. The van der Waals surface area contributed by atoms with Gasteiger partial charge in [0, 0.05) is 32.2 Å². The van der Waals surface area contributed by atoms with Crippen molar-refractivity contribution in [1.29, 1.82) is 5.26 Å². The van der Waals surface area contributed by atoms with Crippen molar-refractivity contribution in [2.45, 2.75) is 90.9 Å². The summed E-state index contributed by atoms with van der Waals surface area (Å²) in [7, 11) is 1.71. The highest BCUT2D eigenvalue weighted by molar-refractivity contribution is 8.26. The quantitative estimate of drug-likeness (QED) is 0.170. The van der Waals surface area contributed by atoms with Crippen molar-refractivity contribution in [3.8, 4) is 6.07 Å². The van der Waals surface area contributed by atoms with E-state index in [2.05, 4.69) is 17.9 Å². The molecule has 1 aromatic heterocycles. The average Bonchev–Trinajstić information content (AvgIpc) is 3.48. The molecule has 196 valence electrons. The minimum Gasteiger partial charge on any atom is -0.357 e. The number of rotatable bonds is 13. The third-order valence-corrected chi connectivity index (χ3v) is 8.64. The molecule has 1 amide bonds. The van der Waals surface area contributed by atoms with Crippen molar-refractivity contribution in [3.05, 3.63) is 31.9 Å². The molecule has 1 aromatic rings. The fraction of sp³-hybridized carbons (Fsp3) is 0.643. The molecule has 0 N–H and O–H groups in total. The molecule has 0 aromatic carbocycles. The Balaban J connectivity index is 1.66. The number of hydrogen-bond donors (Lipinski definition) is 0. The van der Waals surface area contributed by atoms with Gasteiger partial charge in [0.15, 0.2) is 0 Å². The molecule has 0 spiro atoms. The van der Waals surface area contributed by atoms with Gasteiger partial charge in [-0.05, 0) is 37.8 Å². The first-order valence-corrected chi connectivity index (χ1v) is 14.8. The van der Waals surface area contributed by atoms with E-state index in [-0.39, 0.29) is 17.0 Å². The van der Waals surface area contributed by atoms with Crippen LogP contribution in [0.3, 0.4) is 0 Å². The van der Waals surface area contributed by atoms with Crippen molar-refractivity contribution in [3.63, 3.8) is 0 Å². The zero-order valence-corrected chi connectivity index (χ0v) is 23.7. The van der Waals surface area contributed by atoms with Crippen LogP contribution in [-0.2, 0) is 11.8 Å². The highest BCUT2D eigenvalue weighted by Gasteiger charge is 2.33. The Morgan fingerprint density at radius 3 is 2.17 bits per heavy atom. The van der Waals surface area contributed by atoms with E-state index >= 15 is 0 Å². The molecule has 36 heavy (non-hydrogen) atoms. The minimum atomic E-state index is -0.289. The van der Waals surface area contributed by atoms with Crippen LogP contribution in [0.15, 0.2) is 9.70 Å². The van der Waals surface area contributed by atoms with Gasteiger partial charge in [-0.2, -0.15) is 5.26 Å². The Morgan fingerprint density at radius 1 is 1.00 bits per heavy atom. The maximum absolute atomic E-state index is 13.3. The topological polar surface area (TPSA) is 69.3 Å². The van der Waals surface area contributed by atoms with Gasteiger partial charge in [-0.25, -0.2) is 0 Å². The lowest BCUT2D eigenvalue weighted by atomic mass is 10.0. The van der Waals surface area contributed by atoms with E-state index in [1.54, 1.807) is 23.4 Å². The molecular formula is C28H40N4O2S2. The molecule has 0 radical (unpaired) electrons. The highest BCUT2D eigenvalue weighted by atomic mass is 32.2. The van der Waals surface area contributed by atoms with Gasteiger partial charge in [-0.15, -0.1) is 0 Å². The molecule has 0 saturated carbocycles. The zero-order valence-electron chi connectivity index (χ0n) is 22.1. The van der Waals surface area contributed by atoms with Crippen molar-refractivity contribution >= 4 is 46.1 Å². The average molecular weight is 529 g/mol. The van der Waals surface area contributed by atoms with E-state index in [0.29, 0.717) is 21.3 Å². The smallest absolute Gasteiger partial charge is 0.270 e. The van der Waals surface area contributed by atoms with Gasteiger partial charge in [0.1, 0.15) is 21.8 Å². The molecular weight excluding hydrogens is 488 g/mol. The zero-order chi connectivity index (χ0) is 26.1. The summed E-state index contributed by atoms with van der Waals surface area (Å²) in [5.74, 6) is 0.717. The van der Waals surface area contributed by atoms with Crippen LogP contribution >= 0.6 is 24.0 Å². The fourth-order valence-corrected chi connectivity index (χ4v) is 6.39. The number of hydrogen-bond acceptors (Lipinski definition) is 6. The first-order chi connectivity index (χ1) is 17.4. The van der Waals surface area contributed by atoms with Crippen LogP contribution in [0, 0.1) is 18.3 Å². The van der Waals surface area contributed by atoms with Gasteiger partial charge in [-0.3, -0.25) is 19.1 Å². The van der Waals surface area contributed by atoms with Gasteiger partial charge in [0.05, 0.1) is 4.91 Å². The van der Waals surface area contributed by atoms with Crippen LogP contribution in [0.1, 0.15) is 101 Å². The van der Waals surface area contributed by atoms with Crippen LogP contribution in [0.4, 0.5) is 5.82 Å².